The zero-order valence-corrected chi connectivity index (χ0v) is 17.8. The Balaban J connectivity index is 1.44. The van der Waals surface area contributed by atoms with Gasteiger partial charge in [0.15, 0.2) is 5.82 Å². The van der Waals surface area contributed by atoms with Crippen LogP contribution in [0.2, 0.25) is 0 Å². The first-order valence-corrected chi connectivity index (χ1v) is 11.4. The number of aromatic nitrogens is 3. The van der Waals surface area contributed by atoms with Crippen molar-refractivity contribution < 1.29 is 0 Å². The van der Waals surface area contributed by atoms with Crippen LogP contribution in [-0.4, -0.2) is 21.0 Å². The summed E-state index contributed by atoms with van der Waals surface area (Å²) in [6.07, 6.45) is 6.84. The van der Waals surface area contributed by atoms with Crippen molar-refractivity contribution in [3.8, 4) is 11.4 Å². The predicted octanol–water partition coefficient (Wildman–Crippen LogP) is 6.28. The van der Waals surface area contributed by atoms with Crippen LogP contribution in [0.15, 0.2) is 60.1 Å². The molecule has 0 amide bonds. The largest absolute Gasteiger partial charge is 0.366 e. The molecule has 4 aromatic rings. The van der Waals surface area contributed by atoms with Gasteiger partial charge < -0.3 is 10.6 Å². The highest BCUT2D eigenvalue weighted by Gasteiger charge is 2.18. The zero-order valence-electron chi connectivity index (χ0n) is 17.0. The number of thiophene rings is 1. The van der Waals surface area contributed by atoms with Gasteiger partial charge in [0.2, 0.25) is 0 Å². The number of hydrogen-bond donors (Lipinski definition) is 2. The first kappa shape index (κ1) is 19.0. The van der Waals surface area contributed by atoms with Crippen LogP contribution in [0.25, 0.3) is 21.6 Å². The molecule has 1 aliphatic carbocycles. The number of anilines is 2. The molecule has 0 saturated heterocycles. The highest BCUT2D eigenvalue weighted by atomic mass is 32.1. The minimum absolute atomic E-state index is 0.161. The number of rotatable bonds is 6. The summed E-state index contributed by atoms with van der Waals surface area (Å²) in [4.78, 5) is 14.2. The molecule has 2 N–H and O–H groups in total. The molecular weight excluding hydrogens is 390 g/mol. The van der Waals surface area contributed by atoms with Crippen LogP contribution in [-0.2, 0) is 0 Å². The third-order valence-corrected chi connectivity index (χ3v) is 6.59. The Kier molecular flexibility index (Phi) is 5.32. The van der Waals surface area contributed by atoms with Crippen LogP contribution < -0.4 is 10.6 Å². The van der Waals surface area contributed by atoms with Gasteiger partial charge in [0.25, 0.3) is 0 Å². The van der Waals surface area contributed by atoms with Crippen molar-refractivity contribution in [2.24, 2.45) is 0 Å². The van der Waals surface area contributed by atoms with Crippen LogP contribution in [0.4, 0.5) is 11.6 Å². The van der Waals surface area contributed by atoms with Crippen LogP contribution >= 0.6 is 11.3 Å². The number of hydrogen-bond acceptors (Lipinski definition) is 6. The lowest BCUT2D eigenvalue weighted by Crippen LogP contribution is -2.16. The summed E-state index contributed by atoms with van der Waals surface area (Å²) in [5.41, 5.74) is 3.19. The Labute approximate surface area is 180 Å². The number of benzene rings is 1. The Morgan fingerprint density at radius 2 is 1.87 bits per heavy atom. The molecule has 5 rings (SSSR count). The predicted molar refractivity (Wildman–Crippen MR) is 125 cm³/mol. The fourth-order valence-corrected chi connectivity index (χ4v) is 4.83. The molecule has 6 heteroatoms. The van der Waals surface area contributed by atoms with E-state index >= 15 is 0 Å². The van der Waals surface area contributed by atoms with Gasteiger partial charge in [0, 0.05) is 23.8 Å². The van der Waals surface area contributed by atoms with Crippen LogP contribution in [0.5, 0.6) is 0 Å². The maximum atomic E-state index is 4.92. The lowest BCUT2D eigenvalue weighted by atomic mass is 10.1. The maximum absolute atomic E-state index is 4.92. The van der Waals surface area contributed by atoms with E-state index in [1.807, 2.05) is 24.4 Å². The molecule has 30 heavy (non-hydrogen) atoms. The van der Waals surface area contributed by atoms with E-state index in [4.69, 9.17) is 9.97 Å². The van der Waals surface area contributed by atoms with Gasteiger partial charge in [-0.1, -0.05) is 43.2 Å². The summed E-state index contributed by atoms with van der Waals surface area (Å²) >= 11 is 1.70. The van der Waals surface area contributed by atoms with E-state index in [0.29, 0.717) is 6.04 Å². The van der Waals surface area contributed by atoms with E-state index in [2.05, 4.69) is 58.3 Å². The van der Waals surface area contributed by atoms with E-state index in [1.165, 1.54) is 31.2 Å². The monoisotopic (exact) mass is 415 g/mol. The summed E-state index contributed by atoms with van der Waals surface area (Å²) in [7, 11) is 0. The number of pyridine rings is 1. The van der Waals surface area contributed by atoms with Gasteiger partial charge in [0.1, 0.15) is 11.6 Å². The molecule has 0 bridgehead atoms. The minimum Gasteiger partial charge on any atom is -0.366 e. The molecule has 1 aliphatic rings. The molecule has 0 aliphatic heterocycles. The van der Waals surface area contributed by atoms with E-state index in [0.717, 1.165) is 33.2 Å². The lowest BCUT2D eigenvalue weighted by Gasteiger charge is -2.16. The van der Waals surface area contributed by atoms with Crippen molar-refractivity contribution in [1.29, 1.82) is 0 Å². The molecule has 3 heterocycles. The Hall–Kier alpha value is -2.99. The normalized spacial score (nSPS) is 15.4. The molecular formula is C24H25N5S. The maximum Gasteiger partial charge on any atom is 0.162 e. The average molecular weight is 416 g/mol. The van der Waals surface area contributed by atoms with E-state index in [9.17, 15) is 0 Å². The van der Waals surface area contributed by atoms with Gasteiger partial charge in [-0.15, -0.1) is 11.3 Å². The van der Waals surface area contributed by atoms with Gasteiger partial charge in [-0.3, -0.25) is 0 Å². The van der Waals surface area contributed by atoms with Crippen molar-refractivity contribution in [2.75, 3.05) is 10.6 Å². The van der Waals surface area contributed by atoms with Gasteiger partial charge in [-0.05, 0) is 48.9 Å². The second-order valence-electron chi connectivity index (χ2n) is 7.86. The summed E-state index contributed by atoms with van der Waals surface area (Å²) in [5.74, 6) is 2.52. The van der Waals surface area contributed by atoms with Crippen LogP contribution in [0.1, 0.15) is 44.2 Å². The fourth-order valence-electron chi connectivity index (χ4n) is 4.05. The first-order valence-electron chi connectivity index (χ1n) is 10.6. The van der Waals surface area contributed by atoms with E-state index in [-0.39, 0.29) is 6.04 Å². The molecule has 0 unspecified atom stereocenters. The van der Waals surface area contributed by atoms with Crippen molar-refractivity contribution in [3.63, 3.8) is 0 Å². The molecule has 5 nitrogen and oxygen atoms in total. The van der Waals surface area contributed by atoms with Crippen molar-refractivity contribution >= 4 is 33.2 Å². The summed E-state index contributed by atoms with van der Waals surface area (Å²) in [6, 6.07) is 17.1. The second kappa shape index (κ2) is 8.40. The quantitative estimate of drug-likeness (QED) is 0.388. The third-order valence-electron chi connectivity index (χ3n) is 5.68. The Morgan fingerprint density at radius 1 is 1.03 bits per heavy atom. The molecule has 3 aromatic heterocycles. The molecule has 152 valence electrons. The van der Waals surface area contributed by atoms with Gasteiger partial charge >= 0.3 is 0 Å². The molecule has 0 spiro atoms. The average Bonchev–Trinajstić information content (AvgIpc) is 3.46. The van der Waals surface area contributed by atoms with Gasteiger partial charge in [-0.2, -0.15) is 0 Å². The SMILES string of the molecule is C[C@@H](Nc1cc(-c2nc(NC3CCCC3)c3sccc3n2)ccn1)c1ccccc1. The first-order chi connectivity index (χ1) is 14.8. The molecule has 1 saturated carbocycles. The molecule has 1 fully saturated rings. The third kappa shape index (κ3) is 4.00. The highest BCUT2D eigenvalue weighted by Crippen LogP contribution is 2.32. The Bertz CT molecular complexity index is 1130. The van der Waals surface area contributed by atoms with Gasteiger partial charge in [-0.25, -0.2) is 15.0 Å². The van der Waals surface area contributed by atoms with Gasteiger partial charge in [0.05, 0.1) is 10.2 Å². The lowest BCUT2D eigenvalue weighted by molar-refractivity contribution is 0.752. The smallest absolute Gasteiger partial charge is 0.162 e. The number of fused-ring (bicyclic) bond motifs is 1. The summed E-state index contributed by atoms with van der Waals surface area (Å²) in [6.45, 7) is 2.14. The van der Waals surface area contributed by atoms with Crippen LogP contribution in [0.3, 0.4) is 0 Å². The van der Waals surface area contributed by atoms with E-state index < -0.39 is 0 Å². The minimum atomic E-state index is 0.161. The Morgan fingerprint density at radius 3 is 2.70 bits per heavy atom. The van der Waals surface area contributed by atoms with E-state index in [1.54, 1.807) is 11.3 Å². The fraction of sp³-hybridized carbons (Fsp3) is 0.292. The topological polar surface area (TPSA) is 62.7 Å². The molecule has 1 atom stereocenters. The highest BCUT2D eigenvalue weighted by molar-refractivity contribution is 7.17. The van der Waals surface area contributed by atoms with Crippen LogP contribution in [0, 0.1) is 0 Å². The molecule has 1 aromatic carbocycles. The summed E-state index contributed by atoms with van der Waals surface area (Å²) in [5, 5.41) is 9.26. The molecule has 0 radical (unpaired) electrons. The van der Waals surface area contributed by atoms with Crippen molar-refractivity contribution in [2.45, 2.75) is 44.7 Å². The number of nitrogens with zero attached hydrogens (tertiary/aromatic N) is 3. The number of nitrogens with one attached hydrogen (secondary N) is 2. The standard InChI is InChI=1S/C24H25N5S/c1-16(17-7-3-2-4-8-17)26-21-15-18(11-13-25-21)23-28-20-12-14-30-22(20)24(29-23)27-19-9-5-6-10-19/h2-4,7-8,11-16,19H,5-6,9-10H2,1H3,(H,25,26)(H,27,28,29)/t16-/m1/s1. The van der Waals surface area contributed by atoms with Crippen molar-refractivity contribution in [1.82, 2.24) is 15.0 Å². The van der Waals surface area contributed by atoms with Crippen molar-refractivity contribution in [3.05, 3.63) is 65.7 Å². The second-order valence-corrected chi connectivity index (χ2v) is 8.78. The summed E-state index contributed by atoms with van der Waals surface area (Å²) < 4.78 is 1.13. The zero-order chi connectivity index (χ0) is 20.3.